The molecular formula is C25H22ClF2N5O3. The second-order valence-corrected chi connectivity index (χ2v) is 8.99. The molecule has 3 heterocycles. The zero-order chi connectivity index (χ0) is 26.2. The summed E-state index contributed by atoms with van der Waals surface area (Å²) in [7, 11) is 0. The molecule has 4 aromatic rings. The standard InChI is InChI=1S/C25H22ClF2N5O3/c1-13-22(36-12-16-6-5-7-20(28)31-16)30-14(2)33(23(13)34)19-10-15(8-9-17(19)26)21-18(27)11-29-24(32-21)25(3,4)35/h5-11,35H,12H2,1-4H3. The second-order valence-electron chi connectivity index (χ2n) is 8.59. The topological polar surface area (TPSA) is 103 Å². The van der Waals surface area contributed by atoms with Crippen LogP contribution in [0, 0.1) is 25.6 Å². The van der Waals surface area contributed by atoms with Crippen molar-refractivity contribution in [1.29, 1.82) is 0 Å². The van der Waals surface area contributed by atoms with E-state index in [9.17, 15) is 18.7 Å². The lowest BCUT2D eigenvalue weighted by Crippen LogP contribution is -2.25. The van der Waals surface area contributed by atoms with Crippen molar-refractivity contribution in [3.05, 3.63) is 92.6 Å². The molecule has 0 saturated heterocycles. The first-order valence-electron chi connectivity index (χ1n) is 10.9. The monoisotopic (exact) mass is 513 g/mol. The highest BCUT2D eigenvalue weighted by molar-refractivity contribution is 6.32. The lowest BCUT2D eigenvalue weighted by molar-refractivity contribution is 0.0686. The Hall–Kier alpha value is -3.76. The molecule has 36 heavy (non-hydrogen) atoms. The number of ether oxygens (including phenoxy) is 1. The van der Waals surface area contributed by atoms with Crippen molar-refractivity contribution < 1.29 is 18.6 Å². The number of halogens is 3. The Morgan fingerprint density at radius 1 is 1.11 bits per heavy atom. The van der Waals surface area contributed by atoms with Crippen LogP contribution < -0.4 is 10.3 Å². The minimum absolute atomic E-state index is 0.0375. The van der Waals surface area contributed by atoms with E-state index >= 15 is 0 Å². The number of aromatic nitrogens is 5. The molecule has 0 aliphatic heterocycles. The van der Waals surface area contributed by atoms with Gasteiger partial charge in [-0.3, -0.25) is 9.36 Å². The zero-order valence-electron chi connectivity index (χ0n) is 19.9. The molecule has 0 radical (unpaired) electrons. The molecule has 3 aromatic heterocycles. The third kappa shape index (κ3) is 5.09. The molecule has 0 spiro atoms. The molecule has 11 heteroatoms. The fraction of sp³-hybridized carbons (Fsp3) is 0.240. The van der Waals surface area contributed by atoms with Crippen LogP contribution in [0.3, 0.4) is 0 Å². The summed E-state index contributed by atoms with van der Waals surface area (Å²) in [5.74, 6) is -0.979. The summed E-state index contributed by atoms with van der Waals surface area (Å²) in [6, 6.07) is 8.88. The number of nitrogens with zero attached hydrogens (tertiary/aromatic N) is 5. The highest BCUT2D eigenvalue weighted by Gasteiger charge is 2.23. The second kappa shape index (κ2) is 9.71. The molecule has 0 aliphatic rings. The van der Waals surface area contributed by atoms with Gasteiger partial charge in [0.2, 0.25) is 11.8 Å². The smallest absolute Gasteiger partial charge is 0.264 e. The molecular weight excluding hydrogens is 492 g/mol. The number of hydrogen-bond donors (Lipinski definition) is 1. The van der Waals surface area contributed by atoms with Gasteiger partial charge in [-0.15, -0.1) is 0 Å². The average Bonchev–Trinajstić information content (AvgIpc) is 2.81. The number of aryl methyl sites for hydroxylation is 1. The van der Waals surface area contributed by atoms with E-state index in [1.807, 2.05) is 0 Å². The molecule has 4 rings (SSSR count). The van der Waals surface area contributed by atoms with Crippen LogP contribution in [0.5, 0.6) is 5.88 Å². The predicted octanol–water partition coefficient (Wildman–Crippen LogP) is 4.44. The van der Waals surface area contributed by atoms with Gasteiger partial charge in [0.15, 0.2) is 11.6 Å². The Balaban J connectivity index is 1.75. The summed E-state index contributed by atoms with van der Waals surface area (Å²) in [5, 5.41) is 10.5. The van der Waals surface area contributed by atoms with Crippen molar-refractivity contribution in [2.45, 2.75) is 39.9 Å². The van der Waals surface area contributed by atoms with Crippen molar-refractivity contribution in [3.8, 4) is 22.8 Å². The van der Waals surface area contributed by atoms with Crippen molar-refractivity contribution in [2.75, 3.05) is 0 Å². The van der Waals surface area contributed by atoms with Crippen LogP contribution in [0.1, 0.15) is 36.8 Å². The first kappa shape index (κ1) is 25.3. The summed E-state index contributed by atoms with van der Waals surface area (Å²) in [5.41, 5.74) is -0.790. The van der Waals surface area contributed by atoms with Gasteiger partial charge in [-0.1, -0.05) is 23.7 Å². The highest BCUT2D eigenvalue weighted by atomic mass is 35.5. The Bertz CT molecular complexity index is 1520. The molecule has 1 N–H and O–H groups in total. The third-order valence-electron chi connectivity index (χ3n) is 5.31. The lowest BCUT2D eigenvalue weighted by atomic mass is 10.1. The molecule has 0 bridgehead atoms. The van der Waals surface area contributed by atoms with Crippen LogP contribution in [0.25, 0.3) is 16.9 Å². The van der Waals surface area contributed by atoms with Crippen molar-refractivity contribution in [2.24, 2.45) is 0 Å². The Morgan fingerprint density at radius 2 is 1.86 bits per heavy atom. The number of pyridine rings is 1. The van der Waals surface area contributed by atoms with Crippen molar-refractivity contribution in [3.63, 3.8) is 0 Å². The van der Waals surface area contributed by atoms with Gasteiger partial charge in [0, 0.05) is 5.56 Å². The predicted molar refractivity (Wildman–Crippen MR) is 129 cm³/mol. The van der Waals surface area contributed by atoms with E-state index in [0.717, 1.165) is 6.20 Å². The molecule has 0 unspecified atom stereocenters. The number of aliphatic hydroxyl groups is 1. The molecule has 1 aromatic carbocycles. The fourth-order valence-electron chi connectivity index (χ4n) is 3.48. The van der Waals surface area contributed by atoms with E-state index < -0.39 is 22.9 Å². The van der Waals surface area contributed by atoms with E-state index in [4.69, 9.17) is 16.3 Å². The van der Waals surface area contributed by atoms with Crippen LogP contribution in [-0.4, -0.2) is 29.6 Å². The van der Waals surface area contributed by atoms with Crippen molar-refractivity contribution in [1.82, 2.24) is 24.5 Å². The van der Waals surface area contributed by atoms with Crippen LogP contribution in [0.4, 0.5) is 8.78 Å². The minimum Gasteiger partial charge on any atom is -0.471 e. The molecule has 0 saturated carbocycles. The summed E-state index contributed by atoms with van der Waals surface area (Å²) >= 11 is 6.42. The molecule has 0 atom stereocenters. The zero-order valence-corrected chi connectivity index (χ0v) is 20.6. The van der Waals surface area contributed by atoms with E-state index in [2.05, 4.69) is 19.9 Å². The van der Waals surface area contributed by atoms with Crippen molar-refractivity contribution >= 4 is 11.6 Å². The summed E-state index contributed by atoms with van der Waals surface area (Å²) < 4.78 is 34.9. The van der Waals surface area contributed by atoms with Gasteiger partial charge in [-0.25, -0.2) is 19.3 Å². The lowest BCUT2D eigenvalue weighted by Gasteiger charge is -2.18. The number of benzene rings is 1. The first-order chi connectivity index (χ1) is 17.0. The van der Waals surface area contributed by atoms with Crippen LogP contribution in [0.15, 0.2) is 47.4 Å². The molecule has 0 fully saturated rings. The van der Waals surface area contributed by atoms with Gasteiger partial charge in [0.05, 0.1) is 28.2 Å². The van der Waals surface area contributed by atoms with E-state index in [1.54, 1.807) is 19.1 Å². The van der Waals surface area contributed by atoms with Crippen LogP contribution in [0.2, 0.25) is 5.02 Å². The third-order valence-corrected chi connectivity index (χ3v) is 5.63. The van der Waals surface area contributed by atoms with Gasteiger partial charge in [-0.2, -0.15) is 9.37 Å². The van der Waals surface area contributed by atoms with Gasteiger partial charge in [0.1, 0.15) is 23.7 Å². The Labute approximate surface area is 210 Å². The molecule has 8 nitrogen and oxygen atoms in total. The molecule has 0 amide bonds. The van der Waals surface area contributed by atoms with Gasteiger partial charge in [-0.05, 0) is 52.0 Å². The van der Waals surface area contributed by atoms with E-state index in [-0.39, 0.29) is 46.1 Å². The van der Waals surface area contributed by atoms with E-state index in [1.165, 1.54) is 49.6 Å². The largest absolute Gasteiger partial charge is 0.471 e. The maximum absolute atomic E-state index is 14.6. The highest BCUT2D eigenvalue weighted by Crippen LogP contribution is 2.30. The molecule has 0 aliphatic carbocycles. The number of rotatable bonds is 6. The quantitative estimate of drug-likeness (QED) is 0.380. The van der Waals surface area contributed by atoms with Gasteiger partial charge in [0.25, 0.3) is 5.56 Å². The maximum Gasteiger partial charge on any atom is 0.264 e. The average molecular weight is 514 g/mol. The fourth-order valence-corrected chi connectivity index (χ4v) is 3.68. The number of hydrogen-bond acceptors (Lipinski definition) is 7. The maximum atomic E-state index is 14.6. The van der Waals surface area contributed by atoms with Crippen LogP contribution in [-0.2, 0) is 12.2 Å². The Morgan fingerprint density at radius 3 is 2.56 bits per heavy atom. The van der Waals surface area contributed by atoms with E-state index in [0.29, 0.717) is 11.3 Å². The molecule has 186 valence electrons. The Kier molecular flexibility index (Phi) is 6.83. The first-order valence-corrected chi connectivity index (χ1v) is 11.2. The summed E-state index contributed by atoms with van der Waals surface area (Å²) in [6.45, 7) is 6.03. The normalized spacial score (nSPS) is 11.6. The van der Waals surface area contributed by atoms with Gasteiger partial charge < -0.3 is 9.84 Å². The minimum atomic E-state index is -1.39. The van der Waals surface area contributed by atoms with Crippen LogP contribution >= 0.6 is 11.6 Å². The SMILES string of the molecule is Cc1c(OCc2cccc(F)n2)nc(C)n(-c2cc(-c3nc(C(C)(C)O)ncc3F)ccc2Cl)c1=O. The summed E-state index contributed by atoms with van der Waals surface area (Å²) in [4.78, 5) is 29.5. The van der Waals surface area contributed by atoms with Gasteiger partial charge >= 0.3 is 0 Å². The summed E-state index contributed by atoms with van der Waals surface area (Å²) in [6.07, 6.45) is 0.979.